The first-order chi connectivity index (χ1) is 8.89. The van der Waals surface area contributed by atoms with Gasteiger partial charge in [0, 0.05) is 37.5 Å². The Balaban J connectivity index is 0.00000200. The summed E-state index contributed by atoms with van der Waals surface area (Å²) in [5.41, 5.74) is 0.529. The van der Waals surface area contributed by atoms with Crippen LogP contribution in [0.5, 0.6) is 0 Å². The zero-order valence-electron chi connectivity index (χ0n) is 11.5. The van der Waals surface area contributed by atoms with E-state index in [0.717, 1.165) is 19.3 Å². The molecule has 112 valence electrons. The van der Waals surface area contributed by atoms with Gasteiger partial charge in [-0.25, -0.2) is 8.42 Å². The van der Waals surface area contributed by atoms with Gasteiger partial charge in [0.05, 0.1) is 4.90 Å². The van der Waals surface area contributed by atoms with E-state index in [1.807, 2.05) is 11.8 Å². The quantitative estimate of drug-likeness (QED) is 0.881. The second-order valence-corrected chi connectivity index (χ2v) is 6.86. The maximum Gasteiger partial charge on any atom is 0.254 e. The van der Waals surface area contributed by atoms with E-state index in [4.69, 9.17) is 0 Å². The fourth-order valence-corrected chi connectivity index (χ4v) is 2.78. The van der Waals surface area contributed by atoms with Gasteiger partial charge in [-0.1, -0.05) is 0 Å². The molecule has 5 nitrogen and oxygen atoms in total. The Morgan fingerprint density at radius 2 is 1.90 bits per heavy atom. The van der Waals surface area contributed by atoms with E-state index in [1.54, 1.807) is 12.1 Å². The average Bonchev–Trinajstić information content (AvgIpc) is 2.38. The smallest absolute Gasteiger partial charge is 0.254 e. The maximum absolute atomic E-state index is 12.3. The van der Waals surface area contributed by atoms with Crippen molar-refractivity contribution < 1.29 is 13.2 Å². The van der Waals surface area contributed by atoms with Crippen molar-refractivity contribution in [2.75, 3.05) is 25.9 Å². The Morgan fingerprint density at radius 3 is 2.40 bits per heavy atom. The van der Waals surface area contributed by atoms with Crippen LogP contribution < -0.4 is 5.32 Å². The highest BCUT2D eigenvalue weighted by Crippen LogP contribution is 2.14. The molecule has 1 aliphatic rings. The van der Waals surface area contributed by atoms with Crippen LogP contribution in [0.15, 0.2) is 29.2 Å². The van der Waals surface area contributed by atoms with E-state index in [0.29, 0.717) is 12.1 Å². The summed E-state index contributed by atoms with van der Waals surface area (Å²) in [6, 6.07) is 6.27. The molecule has 1 saturated heterocycles. The Hall–Kier alpha value is -1.11. The molecule has 1 aliphatic heterocycles. The van der Waals surface area contributed by atoms with Crippen molar-refractivity contribution in [3.05, 3.63) is 29.8 Å². The Bertz CT molecular complexity index is 572. The molecule has 2 rings (SSSR count). The molecule has 1 atom stereocenters. The lowest BCUT2D eigenvalue weighted by Crippen LogP contribution is -2.52. The zero-order chi connectivity index (χ0) is 14.0. The average molecular weight is 319 g/mol. The molecule has 0 saturated carbocycles. The van der Waals surface area contributed by atoms with Gasteiger partial charge in [0.1, 0.15) is 0 Å². The highest BCUT2D eigenvalue weighted by Gasteiger charge is 2.24. The standard InChI is InChI=1S/C13H18N2O3S.ClH/c1-10-9-14-7-8-15(10)13(16)11-3-5-12(6-4-11)19(2,17)18;/h3-6,10,14H,7-9H2,1-2H3;1H. The highest BCUT2D eigenvalue weighted by atomic mass is 35.5. The second kappa shape index (κ2) is 6.56. The van der Waals surface area contributed by atoms with Crippen molar-refractivity contribution in [2.45, 2.75) is 17.9 Å². The molecule has 7 heteroatoms. The lowest BCUT2D eigenvalue weighted by molar-refractivity contribution is 0.0655. The largest absolute Gasteiger partial charge is 0.333 e. The van der Waals surface area contributed by atoms with Gasteiger partial charge in [0.15, 0.2) is 9.84 Å². The van der Waals surface area contributed by atoms with Crippen LogP contribution in [0.25, 0.3) is 0 Å². The minimum Gasteiger partial charge on any atom is -0.333 e. The van der Waals surface area contributed by atoms with Gasteiger partial charge in [0.2, 0.25) is 0 Å². The molecule has 20 heavy (non-hydrogen) atoms. The lowest BCUT2D eigenvalue weighted by Gasteiger charge is -2.34. The summed E-state index contributed by atoms with van der Waals surface area (Å²) < 4.78 is 22.7. The van der Waals surface area contributed by atoms with Crippen molar-refractivity contribution in [1.29, 1.82) is 0 Å². The van der Waals surface area contributed by atoms with E-state index in [-0.39, 0.29) is 29.3 Å². The predicted molar refractivity (Wildman–Crippen MR) is 80.2 cm³/mol. The normalized spacial score (nSPS) is 19.3. The van der Waals surface area contributed by atoms with E-state index >= 15 is 0 Å². The topological polar surface area (TPSA) is 66.5 Å². The molecule has 0 bridgehead atoms. The van der Waals surface area contributed by atoms with Crippen LogP contribution in [0.2, 0.25) is 0 Å². The molecule has 1 fully saturated rings. The van der Waals surface area contributed by atoms with Crippen LogP contribution in [0.1, 0.15) is 17.3 Å². The number of amides is 1. The fourth-order valence-electron chi connectivity index (χ4n) is 2.15. The number of carbonyl (C=O) groups is 1. The third-order valence-electron chi connectivity index (χ3n) is 3.29. The molecule has 1 aromatic rings. The third kappa shape index (κ3) is 3.71. The molecule has 0 spiro atoms. The Labute approximate surface area is 125 Å². The van der Waals surface area contributed by atoms with E-state index in [9.17, 15) is 13.2 Å². The van der Waals surface area contributed by atoms with Crippen molar-refractivity contribution >= 4 is 28.2 Å². The fraction of sp³-hybridized carbons (Fsp3) is 0.462. The predicted octanol–water partition coefficient (Wildman–Crippen LogP) is 0.946. The second-order valence-electron chi connectivity index (χ2n) is 4.85. The third-order valence-corrected chi connectivity index (χ3v) is 4.42. The monoisotopic (exact) mass is 318 g/mol. The van der Waals surface area contributed by atoms with Crippen LogP contribution in [0, 0.1) is 0 Å². The summed E-state index contributed by atoms with van der Waals surface area (Å²) in [5, 5.41) is 3.23. The molecule has 1 unspecified atom stereocenters. The number of halogens is 1. The lowest BCUT2D eigenvalue weighted by atomic mass is 10.1. The first-order valence-electron chi connectivity index (χ1n) is 6.21. The molecule has 0 aliphatic carbocycles. The number of piperazine rings is 1. The van der Waals surface area contributed by atoms with Crippen molar-refractivity contribution in [3.63, 3.8) is 0 Å². The van der Waals surface area contributed by atoms with Gasteiger partial charge in [0.25, 0.3) is 5.91 Å². The van der Waals surface area contributed by atoms with Crippen molar-refractivity contribution in [3.8, 4) is 0 Å². The molecule has 0 radical (unpaired) electrons. The van der Waals surface area contributed by atoms with E-state index < -0.39 is 9.84 Å². The Kier molecular flexibility index (Phi) is 5.56. The van der Waals surface area contributed by atoms with E-state index in [1.165, 1.54) is 12.1 Å². The summed E-state index contributed by atoms with van der Waals surface area (Å²) >= 11 is 0. The van der Waals surface area contributed by atoms with Gasteiger partial charge in [-0.05, 0) is 31.2 Å². The summed E-state index contributed by atoms with van der Waals surface area (Å²) in [4.78, 5) is 14.4. The number of sulfone groups is 1. The highest BCUT2D eigenvalue weighted by molar-refractivity contribution is 7.90. The molecule has 1 heterocycles. The van der Waals surface area contributed by atoms with Crippen molar-refractivity contribution in [2.24, 2.45) is 0 Å². The zero-order valence-corrected chi connectivity index (χ0v) is 13.1. The summed E-state index contributed by atoms with van der Waals surface area (Å²) in [7, 11) is -3.22. The van der Waals surface area contributed by atoms with Gasteiger partial charge < -0.3 is 10.2 Å². The van der Waals surface area contributed by atoms with E-state index in [2.05, 4.69) is 5.32 Å². The number of nitrogens with one attached hydrogen (secondary N) is 1. The van der Waals surface area contributed by atoms with Gasteiger partial charge in [-0.3, -0.25) is 4.79 Å². The number of carbonyl (C=O) groups excluding carboxylic acids is 1. The Morgan fingerprint density at radius 1 is 1.30 bits per heavy atom. The number of hydrogen-bond acceptors (Lipinski definition) is 4. The molecule has 0 aromatic heterocycles. The summed E-state index contributed by atoms with van der Waals surface area (Å²) in [5.74, 6) is -0.0472. The molecular formula is C13H19ClN2O3S. The number of rotatable bonds is 2. The molecule has 1 aromatic carbocycles. The number of benzene rings is 1. The van der Waals surface area contributed by atoms with Gasteiger partial charge in [-0.15, -0.1) is 12.4 Å². The van der Waals surface area contributed by atoms with Crippen LogP contribution in [0.3, 0.4) is 0 Å². The van der Waals surface area contributed by atoms with Crippen LogP contribution >= 0.6 is 12.4 Å². The first-order valence-corrected chi connectivity index (χ1v) is 8.10. The summed E-state index contributed by atoms with van der Waals surface area (Å²) in [6.45, 7) is 4.24. The molecular weight excluding hydrogens is 300 g/mol. The molecule has 1 N–H and O–H groups in total. The maximum atomic E-state index is 12.3. The minimum absolute atomic E-state index is 0. The van der Waals surface area contributed by atoms with Crippen LogP contribution in [-0.4, -0.2) is 51.2 Å². The first kappa shape index (κ1) is 16.9. The van der Waals surface area contributed by atoms with Crippen LogP contribution in [-0.2, 0) is 9.84 Å². The number of hydrogen-bond donors (Lipinski definition) is 1. The molecule has 1 amide bonds. The number of nitrogens with zero attached hydrogens (tertiary/aromatic N) is 1. The van der Waals surface area contributed by atoms with Gasteiger partial charge >= 0.3 is 0 Å². The van der Waals surface area contributed by atoms with Crippen LogP contribution in [0.4, 0.5) is 0 Å². The SMILES string of the molecule is CC1CNCCN1C(=O)c1ccc(S(C)(=O)=O)cc1.Cl. The minimum atomic E-state index is -3.22. The summed E-state index contributed by atoms with van der Waals surface area (Å²) in [6.07, 6.45) is 1.15. The van der Waals surface area contributed by atoms with Crippen molar-refractivity contribution in [1.82, 2.24) is 10.2 Å². The van der Waals surface area contributed by atoms with Gasteiger partial charge in [-0.2, -0.15) is 0 Å².